The smallest absolute Gasteiger partial charge is 0.381 e. The third kappa shape index (κ3) is 13.9. The maximum absolute atomic E-state index is 5.57. The van der Waals surface area contributed by atoms with Crippen molar-refractivity contribution in [1.29, 1.82) is 0 Å². The summed E-state index contributed by atoms with van der Waals surface area (Å²) < 4.78 is 6.04. The Bertz CT molecular complexity index is 6370. The second-order valence-electron chi connectivity index (χ2n) is 31.3. The van der Waals surface area contributed by atoms with E-state index in [9.17, 15) is 0 Å². The number of nitrogens with zero attached hydrogens (tertiary/aromatic N) is 6. The van der Waals surface area contributed by atoms with Crippen LogP contribution in [-0.2, 0) is 4.74 Å². The summed E-state index contributed by atoms with van der Waals surface area (Å²) in [6.07, 6.45) is 2.56. The first-order chi connectivity index (χ1) is 59.9. The minimum Gasteiger partial charge on any atom is -0.381 e. The summed E-state index contributed by atoms with van der Waals surface area (Å²) in [7, 11) is 0. The van der Waals surface area contributed by atoms with Gasteiger partial charge in [-0.15, -0.1) is 0 Å². The molecule has 7 nitrogen and oxygen atoms in total. The number of fused-ring (bicyclic) bond motifs is 12. The standard InChI is InChI=1S/C66H45B3N4.C30H20BBrN2.C6H5BCl2.C4H8O.CH4/c1-6-22-46(23-7-1)67(47-40-42-59-55(44-47)68-53-32-16-18-34-57(53)70(49-24-8-2-9-25-49)61-36-20-38-63(65(61)68)72(59)51-28-12-4-13-29-51)48-41-43-60-56(45-48)69-54-33-17-19-35-58(54)71(50-26-10-3-11-27-50)62-37-21-39-64(66(62)69)73(60)52-30-14-5-15-31-52;32-21-18-19-27-25(20-21)31-24-14-7-8-15-26(24)33(22-10-3-1-4-11-22)28-16-9-17-29(30(28)31)34(27)23-12-5-2-6-13-23;8-7(9)6-4-2-1-3-5-6;1-2-4-5-3-1;/h1-45H;1-20H;1-5H;1-4H2;1H4. The number of anilines is 18. The molecule has 7 aliphatic heterocycles. The number of benzene rings is 17. The molecule has 0 amide bonds. The molecule has 122 heavy (non-hydrogen) atoms. The molecule has 0 bridgehead atoms. The van der Waals surface area contributed by atoms with E-state index in [1.807, 2.05) is 30.3 Å². The Balaban J connectivity index is 0.000000158. The van der Waals surface area contributed by atoms with Crippen molar-refractivity contribution in [1.82, 2.24) is 0 Å². The van der Waals surface area contributed by atoms with Crippen LogP contribution in [0.25, 0.3) is 0 Å². The summed E-state index contributed by atoms with van der Waals surface area (Å²) in [4.78, 5) is 14.7. The predicted octanol–water partition coefficient (Wildman–Crippen LogP) is 20.2. The monoisotopic (exact) mass is 1670 g/mol. The van der Waals surface area contributed by atoms with Crippen LogP contribution in [0.1, 0.15) is 20.3 Å². The van der Waals surface area contributed by atoms with E-state index in [2.05, 4.69) is 440 Å². The summed E-state index contributed by atoms with van der Waals surface area (Å²) in [6.45, 7) is 2.09. The van der Waals surface area contributed by atoms with Crippen molar-refractivity contribution in [2.45, 2.75) is 20.3 Å². The molecule has 24 rings (SSSR count). The molecule has 0 aliphatic carbocycles. The minimum atomic E-state index is -0.397. The van der Waals surface area contributed by atoms with E-state index in [-0.39, 0.29) is 34.3 Å². The second-order valence-corrected chi connectivity index (χ2v) is 33.4. The zero-order chi connectivity index (χ0) is 80.9. The summed E-state index contributed by atoms with van der Waals surface area (Å²) in [5.41, 5.74) is 37.7. The summed E-state index contributed by atoms with van der Waals surface area (Å²) in [5.74, 6) is 0. The van der Waals surface area contributed by atoms with Gasteiger partial charge in [-0.25, -0.2) is 0 Å². The normalized spacial score (nSPS) is 13.3. The van der Waals surface area contributed by atoms with Crippen molar-refractivity contribution < 1.29 is 4.74 Å². The minimum absolute atomic E-state index is 0. The fraction of sp³-hybridized carbons (Fsp3) is 0.0467. The first-order valence-electron chi connectivity index (χ1n) is 41.7. The highest BCUT2D eigenvalue weighted by Gasteiger charge is 2.48. The van der Waals surface area contributed by atoms with Crippen molar-refractivity contribution in [3.05, 3.63) is 429 Å². The fourth-order valence-corrected chi connectivity index (χ4v) is 20.2. The number of rotatable bonds is 10. The summed E-state index contributed by atoms with van der Waals surface area (Å²) >= 11 is 14.9. The molecule has 17 aromatic rings. The fourth-order valence-electron chi connectivity index (χ4n) is 19.5. The molecule has 15 heteroatoms. The van der Waals surface area contributed by atoms with E-state index < -0.39 is 5.54 Å². The largest absolute Gasteiger partial charge is 0.382 e. The maximum Gasteiger partial charge on any atom is 0.382 e. The predicted molar refractivity (Wildman–Crippen MR) is 531 cm³/mol. The van der Waals surface area contributed by atoms with Gasteiger partial charge in [0.25, 0.3) is 20.1 Å². The van der Waals surface area contributed by atoms with Gasteiger partial charge in [0.15, 0.2) is 0 Å². The van der Waals surface area contributed by atoms with Gasteiger partial charge >= 0.3 is 5.54 Å². The van der Waals surface area contributed by atoms with Crippen molar-refractivity contribution in [3.63, 3.8) is 0 Å². The molecule has 7 aliphatic rings. The molecule has 0 saturated carbocycles. The molecule has 1 fully saturated rings. The Kier molecular flexibility index (Phi) is 21.5. The SMILES string of the molecule is Brc1ccc2c(c1)B1c3ccccc3N(c3ccccc3)c3cccc(c31)N2c1ccccc1.C.C1CCOC1.ClB(Cl)c1ccccc1.c1ccc(B(c2ccc3c(c2)B2c4ccccc4N(c4ccccc4)c4cccc(c42)N3c2ccccc2)c2ccc3c(c2)B2c4ccccc4N(c4ccccc4)c4cccc(c42)N3c2ccccc2)cc1. The molecule has 582 valence electrons. The van der Waals surface area contributed by atoms with Crippen LogP contribution in [0.4, 0.5) is 102 Å². The van der Waals surface area contributed by atoms with Gasteiger partial charge in [-0.2, -0.15) is 22.9 Å². The Morgan fingerprint density at radius 1 is 0.230 bits per heavy atom. The zero-order valence-corrected chi connectivity index (χ0v) is 69.5. The molecular formula is C107H82B5BrCl2N6O. The lowest BCUT2D eigenvalue weighted by molar-refractivity contribution is 0.198. The van der Waals surface area contributed by atoms with Crippen LogP contribution >= 0.6 is 38.9 Å². The van der Waals surface area contributed by atoms with Crippen molar-refractivity contribution in [2.75, 3.05) is 42.6 Å². The van der Waals surface area contributed by atoms with Crippen LogP contribution in [0, 0.1) is 0 Å². The maximum atomic E-state index is 5.57. The number of hydrogen-bond acceptors (Lipinski definition) is 7. The Morgan fingerprint density at radius 3 is 0.738 bits per heavy atom. The second kappa shape index (κ2) is 33.8. The van der Waals surface area contributed by atoms with Gasteiger partial charge in [-0.05, 0) is 219 Å². The van der Waals surface area contributed by atoms with Crippen LogP contribution in [-0.4, -0.2) is 45.6 Å². The van der Waals surface area contributed by atoms with E-state index in [4.69, 9.17) is 27.7 Å². The van der Waals surface area contributed by atoms with Crippen LogP contribution in [0.5, 0.6) is 0 Å². The quantitative estimate of drug-likeness (QED) is 0.126. The van der Waals surface area contributed by atoms with E-state index in [0.29, 0.717) is 0 Å². The van der Waals surface area contributed by atoms with Crippen LogP contribution in [0.2, 0.25) is 0 Å². The molecule has 1 saturated heterocycles. The zero-order valence-electron chi connectivity index (χ0n) is 66.4. The first-order valence-corrected chi connectivity index (χ1v) is 43.4. The van der Waals surface area contributed by atoms with Crippen LogP contribution < -0.4 is 100 Å². The molecule has 0 atom stereocenters. The van der Waals surface area contributed by atoms with Gasteiger partial charge in [0, 0.05) is 120 Å². The van der Waals surface area contributed by atoms with Crippen molar-refractivity contribution in [2.24, 2.45) is 0 Å². The van der Waals surface area contributed by atoms with E-state index in [1.54, 1.807) is 0 Å². The number of para-hydroxylation sites is 9. The third-order valence-electron chi connectivity index (χ3n) is 24.5. The number of halogens is 3. The average molecular weight is 1670 g/mol. The molecule has 0 radical (unpaired) electrons. The lowest BCUT2D eigenvalue weighted by Crippen LogP contribution is -2.64. The Morgan fingerprint density at radius 2 is 0.467 bits per heavy atom. The van der Waals surface area contributed by atoms with Gasteiger partial charge in [-0.3, -0.25) is 0 Å². The lowest BCUT2D eigenvalue weighted by Gasteiger charge is -2.44. The topological polar surface area (TPSA) is 28.7 Å². The Labute approximate surface area is 735 Å². The van der Waals surface area contributed by atoms with Gasteiger partial charge in [0.1, 0.15) is 0 Å². The first kappa shape index (κ1) is 77.5. The van der Waals surface area contributed by atoms with Crippen molar-refractivity contribution >= 4 is 245 Å². The van der Waals surface area contributed by atoms with Crippen LogP contribution in [0.15, 0.2) is 429 Å². The highest BCUT2D eigenvalue weighted by Crippen LogP contribution is 2.48. The highest BCUT2D eigenvalue weighted by atomic mass is 79.9. The summed E-state index contributed by atoms with van der Waals surface area (Å²) in [6, 6.07) is 154. The molecule has 0 N–H and O–H groups in total. The lowest BCUT2D eigenvalue weighted by atomic mass is 9.30. The van der Waals surface area contributed by atoms with Gasteiger partial charge < -0.3 is 34.1 Å². The highest BCUT2D eigenvalue weighted by molar-refractivity contribution is 9.10. The van der Waals surface area contributed by atoms with Gasteiger partial charge in [-0.1, -0.05) is 313 Å². The number of hydrogen-bond donors (Lipinski definition) is 0. The average Bonchev–Trinajstić information content (AvgIpc) is 0.740. The molecule has 0 spiro atoms. The molecule has 0 unspecified atom stereocenters. The molecule has 0 aromatic heterocycles. The molecular weight excluding hydrogens is 1590 g/mol. The van der Waals surface area contributed by atoms with Crippen LogP contribution in [0.3, 0.4) is 0 Å². The van der Waals surface area contributed by atoms with E-state index in [0.717, 1.165) is 45.9 Å². The summed E-state index contributed by atoms with van der Waals surface area (Å²) in [5, 5.41) is 0. The number of ether oxygens (including phenoxy) is 1. The molecule has 17 aromatic carbocycles. The van der Waals surface area contributed by atoms with E-state index in [1.165, 1.54) is 158 Å². The van der Waals surface area contributed by atoms with Gasteiger partial charge in [0.2, 0.25) is 6.71 Å². The Hall–Kier alpha value is -13.1. The van der Waals surface area contributed by atoms with E-state index >= 15 is 0 Å². The van der Waals surface area contributed by atoms with Crippen molar-refractivity contribution in [3.8, 4) is 0 Å². The third-order valence-corrected chi connectivity index (χ3v) is 25.5. The van der Waals surface area contributed by atoms with Gasteiger partial charge in [0.05, 0.1) is 0 Å². The molecule has 7 heterocycles.